The minimum Gasteiger partial charge on any atom is -0.352 e. The molecule has 0 aliphatic carbocycles. The number of sulfonamides is 1. The monoisotopic (exact) mass is 237 g/mol. The smallest absolute Gasteiger partial charge is 0.266 e. The molecule has 0 fully saturated rings. The highest BCUT2D eigenvalue weighted by Crippen LogP contribution is 2.26. The lowest BCUT2D eigenvalue weighted by Crippen LogP contribution is -2.42. The third-order valence-corrected chi connectivity index (χ3v) is 3.42. The first kappa shape index (κ1) is 10.7. The lowest BCUT2D eigenvalue weighted by Gasteiger charge is -2.17. The van der Waals surface area contributed by atoms with Gasteiger partial charge >= 0.3 is 0 Å². The molecule has 84 valence electrons. The summed E-state index contributed by atoms with van der Waals surface area (Å²) in [5, 5.41) is 2.81. The maximum atomic E-state index is 11.8. The second-order valence-electron chi connectivity index (χ2n) is 3.20. The molecule has 0 atom stereocenters. The first-order valence-electron chi connectivity index (χ1n) is 4.69. The first-order chi connectivity index (χ1) is 7.63. The molecule has 1 heterocycles. The molecule has 0 radical (unpaired) electrons. The van der Waals surface area contributed by atoms with E-state index in [-0.39, 0.29) is 10.9 Å². The number of benzene rings is 1. The van der Waals surface area contributed by atoms with Crippen LogP contribution in [0.15, 0.2) is 46.8 Å². The van der Waals surface area contributed by atoms with Crippen molar-refractivity contribution in [2.24, 2.45) is 4.99 Å². The van der Waals surface area contributed by atoms with Gasteiger partial charge in [-0.2, -0.15) is 0 Å². The Balaban J connectivity index is 2.43. The zero-order chi connectivity index (χ0) is 11.6. The fourth-order valence-electron chi connectivity index (χ4n) is 1.35. The molecule has 0 saturated heterocycles. The summed E-state index contributed by atoms with van der Waals surface area (Å²) in [7, 11) is -3.50. The maximum Gasteiger partial charge on any atom is 0.266 e. The van der Waals surface area contributed by atoms with E-state index < -0.39 is 10.0 Å². The third-order valence-electron chi connectivity index (χ3n) is 2.03. The Morgan fingerprint density at radius 1 is 1.44 bits per heavy atom. The summed E-state index contributed by atoms with van der Waals surface area (Å²) in [4.78, 5) is 4.34. The standard InChI is InChI=1S/C10H11N3O2S/c1-2-7-11-10-12-8-5-3-4-6-9(8)16(14,15)13-10/h2-6H,1,7H2,(H2,11,12,13). The fraction of sp³-hybridized carbons (Fsp3) is 0.100. The normalized spacial score (nSPS) is 16.6. The molecule has 1 aliphatic heterocycles. The Labute approximate surface area is 94.0 Å². The lowest BCUT2D eigenvalue weighted by molar-refractivity contribution is 0.590. The number of aliphatic imine (C=N–C) groups is 1. The van der Waals surface area contributed by atoms with Crippen LogP contribution in [0.25, 0.3) is 0 Å². The van der Waals surface area contributed by atoms with E-state index in [4.69, 9.17) is 0 Å². The Morgan fingerprint density at radius 2 is 2.19 bits per heavy atom. The van der Waals surface area contributed by atoms with E-state index in [2.05, 4.69) is 21.6 Å². The highest BCUT2D eigenvalue weighted by Gasteiger charge is 2.24. The molecular formula is C10H11N3O2S. The Bertz CT molecular complexity index is 549. The van der Waals surface area contributed by atoms with E-state index in [0.29, 0.717) is 12.2 Å². The lowest BCUT2D eigenvalue weighted by atomic mass is 10.3. The second kappa shape index (κ2) is 3.97. The summed E-state index contributed by atoms with van der Waals surface area (Å²) < 4.78 is 25.9. The van der Waals surface area contributed by atoms with E-state index in [1.54, 1.807) is 24.3 Å². The van der Waals surface area contributed by atoms with Gasteiger partial charge < -0.3 is 5.32 Å². The van der Waals surface area contributed by atoms with Crippen molar-refractivity contribution < 1.29 is 8.42 Å². The molecule has 0 saturated carbocycles. The number of nitrogens with one attached hydrogen (secondary N) is 2. The zero-order valence-electron chi connectivity index (χ0n) is 8.47. The molecule has 2 rings (SSSR count). The van der Waals surface area contributed by atoms with Crippen LogP contribution >= 0.6 is 0 Å². The second-order valence-corrected chi connectivity index (χ2v) is 4.85. The van der Waals surface area contributed by atoms with Crippen molar-refractivity contribution in [3.8, 4) is 0 Å². The van der Waals surface area contributed by atoms with Gasteiger partial charge in [-0.05, 0) is 12.1 Å². The molecule has 0 spiro atoms. The number of rotatable bonds is 2. The maximum absolute atomic E-state index is 11.8. The molecule has 0 aromatic heterocycles. The van der Waals surface area contributed by atoms with E-state index in [0.717, 1.165) is 0 Å². The van der Waals surface area contributed by atoms with Crippen molar-refractivity contribution in [2.45, 2.75) is 4.90 Å². The SMILES string of the molecule is C=CCNC1=Nc2ccccc2S(=O)(=O)N1. The van der Waals surface area contributed by atoms with E-state index >= 15 is 0 Å². The average Bonchev–Trinajstić information content (AvgIpc) is 2.25. The van der Waals surface area contributed by atoms with Gasteiger partial charge in [-0.1, -0.05) is 18.2 Å². The van der Waals surface area contributed by atoms with E-state index in [9.17, 15) is 8.42 Å². The summed E-state index contributed by atoms with van der Waals surface area (Å²) in [6.07, 6.45) is 1.62. The van der Waals surface area contributed by atoms with Gasteiger partial charge in [0.05, 0.1) is 5.69 Å². The highest BCUT2D eigenvalue weighted by molar-refractivity contribution is 7.90. The van der Waals surface area contributed by atoms with Crippen molar-refractivity contribution >= 4 is 21.7 Å². The highest BCUT2D eigenvalue weighted by atomic mass is 32.2. The summed E-state index contributed by atoms with van der Waals surface area (Å²) in [6, 6.07) is 6.58. The number of guanidine groups is 1. The predicted octanol–water partition coefficient (Wildman–Crippen LogP) is 0.742. The summed E-state index contributed by atoms with van der Waals surface area (Å²) in [5.74, 6) is 0.221. The third kappa shape index (κ3) is 1.92. The van der Waals surface area contributed by atoms with Crippen molar-refractivity contribution in [2.75, 3.05) is 6.54 Å². The van der Waals surface area contributed by atoms with Gasteiger partial charge in [0.1, 0.15) is 4.90 Å². The number of hydrogen-bond acceptors (Lipinski definition) is 4. The summed E-state index contributed by atoms with van der Waals surface area (Å²) >= 11 is 0. The summed E-state index contributed by atoms with van der Waals surface area (Å²) in [5.41, 5.74) is 0.438. The Morgan fingerprint density at radius 3 is 2.94 bits per heavy atom. The number of nitrogens with zero attached hydrogens (tertiary/aromatic N) is 1. The molecular weight excluding hydrogens is 226 g/mol. The van der Waals surface area contributed by atoms with Gasteiger partial charge in [0, 0.05) is 6.54 Å². The zero-order valence-corrected chi connectivity index (χ0v) is 9.29. The van der Waals surface area contributed by atoms with Crippen LogP contribution in [-0.2, 0) is 10.0 Å². The Hall–Kier alpha value is -1.82. The van der Waals surface area contributed by atoms with Crippen LogP contribution in [0.3, 0.4) is 0 Å². The van der Waals surface area contributed by atoms with Crippen LogP contribution in [0.4, 0.5) is 5.69 Å². The quantitative estimate of drug-likeness (QED) is 0.745. The molecule has 16 heavy (non-hydrogen) atoms. The fourth-order valence-corrected chi connectivity index (χ4v) is 2.48. The van der Waals surface area contributed by atoms with Crippen molar-refractivity contribution in [3.63, 3.8) is 0 Å². The van der Waals surface area contributed by atoms with Crippen molar-refractivity contribution in [3.05, 3.63) is 36.9 Å². The van der Waals surface area contributed by atoms with Gasteiger partial charge in [-0.15, -0.1) is 6.58 Å². The number of hydrogen-bond donors (Lipinski definition) is 2. The molecule has 1 aliphatic rings. The van der Waals surface area contributed by atoms with Gasteiger partial charge in [0.15, 0.2) is 0 Å². The van der Waals surface area contributed by atoms with E-state index in [1.807, 2.05) is 0 Å². The van der Waals surface area contributed by atoms with Crippen molar-refractivity contribution in [1.82, 2.24) is 10.0 Å². The molecule has 5 nitrogen and oxygen atoms in total. The number of para-hydroxylation sites is 1. The van der Waals surface area contributed by atoms with Gasteiger partial charge in [-0.25, -0.2) is 18.1 Å². The molecule has 0 unspecified atom stereocenters. The van der Waals surface area contributed by atoms with Crippen LogP contribution < -0.4 is 10.0 Å². The molecule has 0 bridgehead atoms. The topological polar surface area (TPSA) is 70.6 Å². The molecule has 1 aromatic rings. The largest absolute Gasteiger partial charge is 0.352 e. The van der Waals surface area contributed by atoms with Crippen LogP contribution in [0, 0.1) is 0 Å². The minimum absolute atomic E-state index is 0.194. The average molecular weight is 237 g/mol. The molecule has 1 aromatic carbocycles. The minimum atomic E-state index is -3.50. The van der Waals surface area contributed by atoms with Gasteiger partial charge in [-0.3, -0.25) is 0 Å². The molecule has 6 heteroatoms. The van der Waals surface area contributed by atoms with Crippen LogP contribution in [0.2, 0.25) is 0 Å². The van der Waals surface area contributed by atoms with Crippen molar-refractivity contribution in [1.29, 1.82) is 0 Å². The summed E-state index contributed by atoms with van der Waals surface area (Å²) in [6.45, 7) is 3.98. The Kier molecular flexibility index (Phi) is 2.66. The van der Waals surface area contributed by atoms with Gasteiger partial charge in [0.25, 0.3) is 10.0 Å². The predicted molar refractivity (Wildman–Crippen MR) is 62.1 cm³/mol. The van der Waals surface area contributed by atoms with E-state index in [1.165, 1.54) is 6.07 Å². The molecule has 0 amide bonds. The molecule has 2 N–H and O–H groups in total. The van der Waals surface area contributed by atoms with Crippen LogP contribution in [0.1, 0.15) is 0 Å². The number of fused-ring (bicyclic) bond motifs is 1. The first-order valence-corrected chi connectivity index (χ1v) is 6.17. The van der Waals surface area contributed by atoms with Crippen LogP contribution in [0.5, 0.6) is 0 Å². The van der Waals surface area contributed by atoms with Gasteiger partial charge in [0.2, 0.25) is 5.96 Å². The van der Waals surface area contributed by atoms with Crippen LogP contribution in [-0.4, -0.2) is 20.9 Å².